The summed E-state index contributed by atoms with van der Waals surface area (Å²) in [6.07, 6.45) is 2.49. The van der Waals surface area contributed by atoms with Crippen molar-refractivity contribution in [3.8, 4) is 0 Å². The summed E-state index contributed by atoms with van der Waals surface area (Å²) in [6, 6.07) is 4.18. The van der Waals surface area contributed by atoms with Gasteiger partial charge in [-0.1, -0.05) is 24.9 Å². The van der Waals surface area contributed by atoms with Crippen LogP contribution in [-0.4, -0.2) is 42.5 Å². The molecule has 0 aromatic heterocycles. The minimum absolute atomic E-state index is 0.0151. The molecule has 1 aliphatic heterocycles. The predicted molar refractivity (Wildman–Crippen MR) is 96.3 cm³/mol. The van der Waals surface area contributed by atoms with Crippen LogP contribution in [0.25, 0.3) is 0 Å². The molecule has 1 aromatic rings. The van der Waals surface area contributed by atoms with Gasteiger partial charge >= 0.3 is 0 Å². The Bertz CT molecular complexity index is 682. The molecule has 0 saturated carbocycles. The molecule has 23 heavy (non-hydrogen) atoms. The molecule has 0 radical (unpaired) electrons. The summed E-state index contributed by atoms with van der Waals surface area (Å²) in [4.78, 5) is 1.93. The molecular formula is C15H20ClFN2O2S2. The average molecular weight is 379 g/mol. The second kappa shape index (κ2) is 7.77. The average Bonchev–Trinajstić information content (AvgIpc) is 2.83. The van der Waals surface area contributed by atoms with Crippen molar-refractivity contribution in [2.75, 3.05) is 23.4 Å². The molecule has 1 saturated heterocycles. The summed E-state index contributed by atoms with van der Waals surface area (Å²) in [6.45, 7) is 2.76. The number of benzene rings is 1. The first-order valence-electron chi connectivity index (χ1n) is 7.55. The zero-order valence-electron chi connectivity index (χ0n) is 12.9. The number of nitrogens with zero attached hydrogens (tertiary/aromatic N) is 1. The number of anilines is 1. The van der Waals surface area contributed by atoms with Crippen LogP contribution in [0.5, 0.6) is 0 Å². The summed E-state index contributed by atoms with van der Waals surface area (Å²) < 4.78 is 36.7. The molecule has 8 heteroatoms. The molecule has 0 spiro atoms. The molecule has 4 nitrogen and oxygen atoms in total. The molecule has 1 heterocycles. The number of hydrogen-bond donors (Lipinski definition) is 1. The van der Waals surface area contributed by atoms with Crippen LogP contribution in [0, 0.1) is 5.82 Å². The SMILES string of the molecule is CCCCN(C(=S)Nc1ccc(F)c(Cl)c1)C1CCS(=O)(=O)C1. The summed E-state index contributed by atoms with van der Waals surface area (Å²) in [5.74, 6) is -0.165. The zero-order chi connectivity index (χ0) is 17.0. The maximum absolute atomic E-state index is 13.2. The molecule has 1 aliphatic rings. The fourth-order valence-corrected chi connectivity index (χ4v) is 4.84. The lowest BCUT2D eigenvalue weighted by Gasteiger charge is -2.31. The van der Waals surface area contributed by atoms with Gasteiger partial charge in [0.15, 0.2) is 14.9 Å². The molecule has 0 amide bonds. The van der Waals surface area contributed by atoms with E-state index < -0.39 is 15.7 Å². The Hall–Kier alpha value is -0.920. The van der Waals surface area contributed by atoms with E-state index in [-0.39, 0.29) is 22.6 Å². The highest BCUT2D eigenvalue weighted by Crippen LogP contribution is 2.22. The second-order valence-corrected chi connectivity index (χ2v) is 8.69. The van der Waals surface area contributed by atoms with Crippen molar-refractivity contribution in [2.45, 2.75) is 32.2 Å². The lowest BCUT2D eigenvalue weighted by molar-refractivity contribution is 0.333. The van der Waals surface area contributed by atoms with E-state index in [4.69, 9.17) is 23.8 Å². The van der Waals surface area contributed by atoms with Gasteiger partial charge in [0.05, 0.1) is 16.5 Å². The number of rotatable bonds is 5. The van der Waals surface area contributed by atoms with Gasteiger partial charge in [0, 0.05) is 18.3 Å². The maximum atomic E-state index is 13.2. The van der Waals surface area contributed by atoms with Crippen molar-refractivity contribution in [3.05, 3.63) is 29.0 Å². The van der Waals surface area contributed by atoms with E-state index in [0.717, 1.165) is 12.8 Å². The van der Waals surface area contributed by atoms with Crippen LogP contribution in [-0.2, 0) is 9.84 Å². The third kappa shape index (κ3) is 5.02. The highest BCUT2D eigenvalue weighted by molar-refractivity contribution is 7.91. The smallest absolute Gasteiger partial charge is 0.173 e. The van der Waals surface area contributed by atoms with Gasteiger partial charge in [-0.2, -0.15) is 0 Å². The first-order valence-corrected chi connectivity index (χ1v) is 10.2. The van der Waals surface area contributed by atoms with Gasteiger partial charge in [-0.3, -0.25) is 0 Å². The molecule has 1 atom stereocenters. The molecule has 1 aromatic carbocycles. The number of hydrogen-bond acceptors (Lipinski definition) is 3. The van der Waals surface area contributed by atoms with E-state index in [2.05, 4.69) is 12.2 Å². The lowest BCUT2D eigenvalue weighted by Crippen LogP contribution is -2.44. The molecular weight excluding hydrogens is 359 g/mol. The predicted octanol–water partition coefficient (Wildman–Crippen LogP) is 3.47. The highest BCUT2D eigenvalue weighted by atomic mass is 35.5. The maximum Gasteiger partial charge on any atom is 0.173 e. The van der Waals surface area contributed by atoms with Gasteiger partial charge in [0.25, 0.3) is 0 Å². The molecule has 0 bridgehead atoms. The van der Waals surface area contributed by atoms with E-state index in [1.165, 1.54) is 12.1 Å². The van der Waals surface area contributed by atoms with Gasteiger partial charge in [0.1, 0.15) is 5.82 Å². The molecule has 2 rings (SSSR count). The molecule has 0 aliphatic carbocycles. The molecule has 1 N–H and O–H groups in total. The van der Waals surface area contributed by atoms with Crippen LogP contribution in [0.1, 0.15) is 26.2 Å². The van der Waals surface area contributed by atoms with Crippen LogP contribution in [0.3, 0.4) is 0 Å². The fourth-order valence-electron chi connectivity index (χ4n) is 2.57. The van der Waals surface area contributed by atoms with Crippen LogP contribution < -0.4 is 5.32 Å². The summed E-state index contributed by atoms with van der Waals surface area (Å²) >= 11 is 11.2. The minimum atomic E-state index is -2.98. The van der Waals surface area contributed by atoms with Crippen LogP contribution in [0.15, 0.2) is 18.2 Å². The topological polar surface area (TPSA) is 49.4 Å². The molecule has 1 fully saturated rings. The summed E-state index contributed by atoms with van der Waals surface area (Å²) in [5.41, 5.74) is 0.587. The Morgan fingerprint density at radius 2 is 2.26 bits per heavy atom. The van der Waals surface area contributed by atoms with E-state index >= 15 is 0 Å². The Labute approximate surface area is 146 Å². The highest BCUT2D eigenvalue weighted by Gasteiger charge is 2.33. The van der Waals surface area contributed by atoms with Gasteiger partial charge in [0.2, 0.25) is 0 Å². The molecule has 128 valence electrons. The number of nitrogens with one attached hydrogen (secondary N) is 1. The van der Waals surface area contributed by atoms with Crippen molar-refractivity contribution in [1.82, 2.24) is 4.90 Å². The lowest BCUT2D eigenvalue weighted by atomic mass is 10.2. The number of halogens is 2. The summed E-state index contributed by atoms with van der Waals surface area (Å²) in [7, 11) is -2.98. The number of thiocarbonyl (C=S) groups is 1. The Morgan fingerprint density at radius 1 is 1.52 bits per heavy atom. The normalized spacial score (nSPS) is 19.5. The van der Waals surface area contributed by atoms with Crippen molar-refractivity contribution in [1.29, 1.82) is 0 Å². The summed E-state index contributed by atoms with van der Waals surface area (Å²) in [5, 5.41) is 3.50. The third-order valence-electron chi connectivity index (χ3n) is 3.83. The van der Waals surface area contributed by atoms with Gasteiger partial charge in [-0.15, -0.1) is 0 Å². The van der Waals surface area contributed by atoms with Crippen LogP contribution in [0.4, 0.5) is 10.1 Å². The van der Waals surface area contributed by atoms with E-state index in [1.807, 2.05) is 4.90 Å². The Kier molecular flexibility index (Phi) is 6.22. The Balaban J connectivity index is 2.11. The fraction of sp³-hybridized carbons (Fsp3) is 0.533. The number of unbranched alkanes of at least 4 members (excludes halogenated alkanes) is 1. The van der Waals surface area contributed by atoms with Crippen LogP contribution >= 0.6 is 23.8 Å². The van der Waals surface area contributed by atoms with Crippen molar-refractivity contribution in [2.24, 2.45) is 0 Å². The van der Waals surface area contributed by atoms with Crippen LogP contribution in [0.2, 0.25) is 5.02 Å². The van der Waals surface area contributed by atoms with E-state index in [9.17, 15) is 12.8 Å². The van der Waals surface area contributed by atoms with Gasteiger partial charge < -0.3 is 10.2 Å². The first-order chi connectivity index (χ1) is 10.8. The minimum Gasteiger partial charge on any atom is -0.345 e. The Morgan fingerprint density at radius 3 is 2.83 bits per heavy atom. The second-order valence-electron chi connectivity index (χ2n) is 5.66. The standard InChI is InChI=1S/C15H20ClFN2O2S2/c1-2-3-7-19(12-6-8-23(20,21)10-12)15(22)18-11-4-5-14(17)13(16)9-11/h4-5,9,12H,2-3,6-8,10H2,1H3,(H,18,22). The van der Waals surface area contributed by atoms with Crippen molar-refractivity contribution >= 4 is 44.5 Å². The van der Waals surface area contributed by atoms with Gasteiger partial charge in [-0.05, 0) is 43.3 Å². The molecule has 1 unspecified atom stereocenters. The first kappa shape index (κ1) is 18.4. The van der Waals surface area contributed by atoms with E-state index in [0.29, 0.717) is 23.8 Å². The van der Waals surface area contributed by atoms with E-state index in [1.54, 1.807) is 6.07 Å². The van der Waals surface area contributed by atoms with Crippen molar-refractivity contribution in [3.63, 3.8) is 0 Å². The van der Waals surface area contributed by atoms with Gasteiger partial charge in [-0.25, -0.2) is 12.8 Å². The third-order valence-corrected chi connectivity index (χ3v) is 6.21. The largest absolute Gasteiger partial charge is 0.345 e. The van der Waals surface area contributed by atoms with Crippen molar-refractivity contribution < 1.29 is 12.8 Å². The zero-order valence-corrected chi connectivity index (χ0v) is 15.3. The number of sulfone groups is 1. The quantitative estimate of drug-likeness (QED) is 0.795. The monoisotopic (exact) mass is 378 g/mol.